The van der Waals surface area contributed by atoms with Gasteiger partial charge in [0.25, 0.3) is 5.91 Å². The van der Waals surface area contributed by atoms with Gasteiger partial charge in [0.15, 0.2) is 0 Å². The van der Waals surface area contributed by atoms with Gasteiger partial charge in [0, 0.05) is 24.2 Å². The molecular formula is C21H23N3O2. The van der Waals surface area contributed by atoms with Gasteiger partial charge in [-0.15, -0.1) is 0 Å². The lowest BCUT2D eigenvalue weighted by Gasteiger charge is -2.18. The molecule has 0 aliphatic rings. The number of carbonyl (C=O) groups excluding carboxylic acids is 1. The van der Waals surface area contributed by atoms with Crippen LogP contribution < -0.4 is 5.32 Å². The summed E-state index contributed by atoms with van der Waals surface area (Å²) in [4.78, 5) is 17.3. The predicted octanol–water partition coefficient (Wildman–Crippen LogP) is 3.34. The van der Waals surface area contributed by atoms with Crippen LogP contribution in [0.3, 0.4) is 0 Å². The average molecular weight is 349 g/mol. The molecule has 1 aromatic carbocycles. The van der Waals surface area contributed by atoms with Crippen LogP contribution >= 0.6 is 0 Å². The van der Waals surface area contributed by atoms with Gasteiger partial charge in [-0.2, -0.15) is 0 Å². The number of benzene rings is 1. The van der Waals surface area contributed by atoms with Gasteiger partial charge in [-0.3, -0.25) is 4.79 Å². The Morgan fingerprint density at radius 3 is 2.54 bits per heavy atom. The van der Waals surface area contributed by atoms with Crippen LogP contribution in [0.5, 0.6) is 0 Å². The van der Waals surface area contributed by atoms with E-state index >= 15 is 0 Å². The van der Waals surface area contributed by atoms with Crippen LogP contribution in [0, 0.1) is 13.8 Å². The van der Waals surface area contributed by atoms with E-state index in [1.54, 1.807) is 6.20 Å². The summed E-state index contributed by atoms with van der Waals surface area (Å²) in [6.45, 7) is 3.88. The van der Waals surface area contributed by atoms with Crippen LogP contribution in [0.2, 0.25) is 0 Å². The Bertz CT molecular complexity index is 873. The summed E-state index contributed by atoms with van der Waals surface area (Å²) in [5.41, 5.74) is 3.39. The number of hydrogen-bond donors (Lipinski definition) is 2. The lowest BCUT2D eigenvalue weighted by Crippen LogP contribution is -2.29. The Kier molecular flexibility index (Phi) is 5.49. The number of carbonyl (C=O) groups is 1. The number of aryl methyl sites for hydroxylation is 1. The van der Waals surface area contributed by atoms with Crippen LogP contribution in [-0.2, 0) is 0 Å². The molecule has 0 aliphatic carbocycles. The molecule has 1 unspecified atom stereocenters. The van der Waals surface area contributed by atoms with Crippen LogP contribution in [0.1, 0.15) is 39.8 Å². The van der Waals surface area contributed by atoms with E-state index < -0.39 is 0 Å². The van der Waals surface area contributed by atoms with Crippen LogP contribution in [0.4, 0.5) is 0 Å². The quantitative estimate of drug-likeness (QED) is 0.717. The first-order valence-electron chi connectivity index (χ1n) is 8.69. The molecule has 0 bridgehead atoms. The first-order chi connectivity index (χ1) is 12.6. The first-order valence-corrected chi connectivity index (χ1v) is 8.69. The zero-order chi connectivity index (χ0) is 18.5. The Labute approximate surface area is 153 Å². The zero-order valence-corrected chi connectivity index (χ0v) is 15.0. The Morgan fingerprint density at radius 2 is 1.88 bits per heavy atom. The number of amides is 1. The fourth-order valence-electron chi connectivity index (χ4n) is 3.20. The molecule has 3 aromatic rings. The van der Waals surface area contributed by atoms with Crippen molar-refractivity contribution < 1.29 is 9.90 Å². The van der Waals surface area contributed by atoms with Gasteiger partial charge in [0.2, 0.25) is 0 Å². The number of rotatable bonds is 6. The molecular weight excluding hydrogens is 326 g/mol. The third-order valence-electron chi connectivity index (χ3n) is 4.48. The van der Waals surface area contributed by atoms with Crippen molar-refractivity contribution in [2.45, 2.75) is 26.3 Å². The summed E-state index contributed by atoms with van der Waals surface area (Å²) in [5.74, 6) is 0.638. The first kappa shape index (κ1) is 17.9. The molecule has 1 atom stereocenters. The monoisotopic (exact) mass is 349 g/mol. The normalized spacial score (nSPS) is 12.0. The van der Waals surface area contributed by atoms with E-state index in [-0.39, 0.29) is 18.6 Å². The third-order valence-corrected chi connectivity index (χ3v) is 4.48. The molecule has 5 nitrogen and oxygen atoms in total. The van der Waals surface area contributed by atoms with E-state index in [2.05, 4.69) is 10.3 Å². The van der Waals surface area contributed by atoms with Crippen LogP contribution in [-0.4, -0.2) is 27.2 Å². The maximum Gasteiger partial charge on any atom is 0.253 e. The maximum absolute atomic E-state index is 12.9. The number of hydrogen-bond acceptors (Lipinski definition) is 3. The van der Waals surface area contributed by atoms with Crippen LogP contribution in [0.25, 0.3) is 5.82 Å². The molecule has 0 fully saturated rings. The van der Waals surface area contributed by atoms with Gasteiger partial charge in [-0.1, -0.05) is 36.4 Å². The lowest BCUT2D eigenvalue weighted by molar-refractivity contribution is 0.0929. The van der Waals surface area contributed by atoms with Crippen molar-refractivity contribution in [2.75, 3.05) is 6.61 Å². The topological polar surface area (TPSA) is 67.2 Å². The van der Waals surface area contributed by atoms with Gasteiger partial charge in [-0.05, 0) is 44.0 Å². The van der Waals surface area contributed by atoms with Gasteiger partial charge in [0.1, 0.15) is 5.82 Å². The fraction of sp³-hybridized carbons (Fsp3) is 0.238. The summed E-state index contributed by atoms with van der Waals surface area (Å²) in [7, 11) is 0. The van der Waals surface area contributed by atoms with Gasteiger partial charge < -0.3 is 15.0 Å². The minimum Gasteiger partial charge on any atom is -0.396 e. The number of nitrogens with one attached hydrogen (secondary N) is 1. The van der Waals surface area contributed by atoms with Crippen molar-refractivity contribution in [1.82, 2.24) is 14.9 Å². The molecule has 0 aliphatic heterocycles. The van der Waals surface area contributed by atoms with E-state index in [1.807, 2.05) is 73.0 Å². The van der Waals surface area contributed by atoms with Gasteiger partial charge in [0.05, 0.1) is 11.6 Å². The summed E-state index contributed by atoms with van der Waals surface area (Å²) in [6.07, 6.45) is 2.20. The van der Waals surface area contributed by atoms with Gasteiger partial charge >= 0.3 is 0 Å². The summed E-state index contributed by atoms with van der Waals surface area (Å²) >= 11 is 0. The second-order valence-electron chi connectivity index (χ2n) is 6.26. The highest BCUT2D eigenvalue weighted by molar-refractivity contribution is 5.96. The minimum absolute atomic E-state index is 0.00674. The highest BCUT2D eigenvalue weighted by Crippen LogP contribution is 2.22. The average Bonchev–Trinajstić information content (AvgIpc) is 2.97. The maximum atomic E-state index is 12.9. The highest BCUT2D eigenvalue weighted by atomic mass is 16.3. The number of aliphatic hydroxyl groups is 1. The van der Waals surface area contributed by atoms with E-state index in [9.17, 15) is 9.90 Å². The molecule has 2 N–H and O–H groups in total. The van der Waals surface area contributed by atoms with E-state index in [0.717, 1.165) is 22.8 Å². The number of nitrogens with zero attached hydrogens (tertiary/aromatic N) is 2. The minimum atomic E-state index is -0.230. The standard InChI is InChI=1S/C21H23N3O2/c1-15-14-18(16(2)24(15)20-10-6-7-12-22-20)21(26)23-19(11-13-25)17-8-4-3-5-9-17/h3-10,12,14,19,25H,11,13H2,1-2H3,(H,23,26). The van der Waals surface area contributed by atoms with Crippen molar-refractivity contribution in [3.63, 3.8) is 0 Å². The predicted molar refractivity (Wildman–Crippen MR) is 101 cm³/mol. The number of pyridine rings is 1. The molecule has 0 spiro atoms. The number of aromatic nitrogens is 2. The lowest BCUT2D eigenvalue weighted by atomic mass is 10.0. The summed E-state index contributed by atoms with van der Waals surface area (Å²) in [6, 6.07) is 17.1. The fourth-order valence-corrected chi connectivity index (χ4v) is 3.20. The van der Waals surface area contributed by atoms with Crippen molar-refractivity contribution in [3.05, 3.63) is 83.3 Å². The SMILES string of the molecule is Cc1cc(C(=O)NC(CCO)c2ccccc2)c(C)n1-c1ccccn1. The molecule has 1 amide bonds. The molecule has 134 valence electrons. The second kappa shape index (κ2) is 7.97. The van der Waals surface area contributed by atoms with Crippen molar-refractivity contribution in [3.8, 4) is 5.82 Å². The van der Waals surface area contributed by atoms with E-state index in [4.69, 9.17) is 0 Å². The van der Waals surface area contributed by atoms with Crippen LogP contribution in [0.15, 0.2) is 60.8 Å². The molecule has 2 aromatic heterocycles. The van der Waals surface area contributed by atoms with Gasteiger partial charge in [-0.25, -0.2) is 4.98 Å². The Hall–Kier alpha value is -2.92. The molecule has 26 heavy (non-hydrogen) atoms. The zero-order valence-electron chi connectivity index (χ0n) is 15.0. The Morgan fingerprint density at radius 1 is 1.15 bits per heavy atom. The second-order valence-corrected chi connectivity index (χ2v) is 6.26. The molecule has 0 radical (unpaired) electrons. The van der Waals surface area contributed by atoms with Crippen molar-refractivity contribution in [2.24, 2.45) is 0 Å². The molecule has 0 saturated heterocycles. The third kappa shape index (κ3) is 3.68. The number of aliphatic hydroxyl groups excluding tert-OH is 1. The van der Waals surface area contributed by atoms with E-state index in [1.165, 1.54) is 0 Å². The van der Waals surface area contributed by atoms with Crippen molar-refractivity contribution >= 4 is 5.91 Å². The molecule has 5 heteroatoms. The van der Waals surface area contributed by atoms with Crippen molar-refractivity contribution in [1.29, 1.82) is 0 Å². The Balaban J connectivity index is 1.88. The molecule has 3 rings (SSSR count). The smallest absolute Gasteiger partial charge is 0.253 e. The largest absolute Gasteiger partial charge is 0.396 e. The molecule has 0 saturated carbocycles. The summed E-state index contributed by atoms with van der Waals surface area (Å²) in [5, 5.41) is 12.4. The molecule has 2 heterocycles. The van der Waals surface area contributed by atoms with E-state index in [0.29, 0.717) is 12.0 Å². The highest BCUT2D eigenvalue weighted by Gasteiger charge is 2.20. The summed E-state index contributed by atoms with van der Waals surface area (Å²) < 4.78 is 1.97.